The highest BCUT2D eigenvalue weighted by Gasteiger charge is 2.07. The molecular formula is C19H15ClOS. The quantitative estimate of drug-likeness (QED) is 0.588. The lowest BCUT2D eigenvalue weighted by Crippen LogP contribution is -2.00. The molecule has 0 spiro atoms. The van der Waals surface area contributed by atoms with E-state index in [1.807, 2.05) is 54.6 Å². The van der Waals surface area contributed by atoms with Crippen LogP contribution in [0.25, 0.3) is 16.8 Å². The monoisotopic (exact) mass is 326 g/mol. The van der Waals surface area contributed by atoms with Crippen molar-refractivity contribution >= 4 is 39.6 Å². The van der Waals surface area contributed by atoms with E-state index in [4.69, 9.17) is 11.6 Å². The van der Waals surface area contributed by atoms with Crippen molar-refractivity contribution in [3.05, 3.63) is 88.3 Å². The third-order valence-corrected chi connectivity index (χ3v) is 4.75. The molecule has 3 aromatic rings. The average molecular weight is 327 g/mol. The Morgan fingerprint density at radius 2 is 1.64 bits per heavy atom. The summed E-state index contributed by atoms with van der Waals surface area (Å²) in [7, 11) is 0. The second kappa shape index (κ2) is 7.01. The van der Waals surface area contributed by atoms with Gasteiger partial charge in [0.2, 0.25) is 0 Å². The minimum absolute atomic E-state index is 0.519. The van der Waals surface area contributed by atoms with Gasteiger partial charge in [-0.25, -0.2) is 0 Å². The maximum Gasteiger partial charge on any atom is 0.136 e. The summed E-state index contributed by atoms with van der Waals surface area (Å²) >= 11 is 4.81. The molecule has 22 heavy (non-hydrogen) atoms. The molecule has 1 unspecified atom stereocenters. The molecule has 0 aliphatic rings. The van der Waals surface area contributed by atoms with Gasteiger partial charge in [0.1, 0.15) is 11.2 Å². The summed E-state index contributed by atoms with van der Waals surface area (Å²) in [6.45, 7) is 0. The maximum atomic E-state index is 12.3. The van der Waals surface area contributed by atoms with E-state index in [0.717, 1.165) is 11.1 Å². The van der Waals surface area contributed by atoms with Crippen LogP contribution in [0.5, 0.6) is 0 Å². The Labute approximate surface area is 138 Å². The Balaban J connectivity index is 1.75. The largest absolute Gasteiger partial charge is 0.612 e. The van der Waals surface area contributed by atoms with E-state index in [0.29, 0.717) is 10.8 Å². The van der Waals surface area contributed by atoms with Gasteiger partial charge >= 0.3 is 0 Å². The van der Waals surface area contributed by atoms with E-state index in [-0.39, 0.29) is 0 Å². The molecule has 0 fully saturated rings. The standard InChI is InChI=1S/C19H15ClOS/c20-18-10-8-15(9-11-18)12-13-22(21)14-17-6-3-5-16-4-1-2-7-19(16)17/h1-13H,14H2/b13-12+. The molecule has 0 saturated carbocycles. The van der Waals surface area contributed by atoms with Crippen molar-refractivity contribution in [2.75, 3.05) is 0 Å². The Bertz CT molecular complexity index is 791. The van der Waals surface area contributed by atoms with Gasteiger partial charge < -0.3 is 4.55 Å². The van der Waals surface area contributed by atoms with Gasteiger partial charge in [0.15, 0.2) is 0 Å². The van der Waals surface area contributed by atoms with E-state index in [1.165, 1.54) is 10.8 Å². The lowest BCUT2D eigenvalue weighted by atomic mass is 10.1. The molecule has 0 radical (unpaired) electrons. The summed E-state index contributed by atoms with van der Waals surface area (Å²) in [5, 5.41) is 4.79. The van der Waals surface area contributed by atoms with Crippen molar-refractivity contribution in [3.8, 4) is 0 Å². The van der Waals surface area contributed by atoms with E-state index in [9.17, 15) is 4.55 Å². The first-order chi connectivity index (χ1) is 10.7. The van der Waals surface area contributed by atoms with E-state index in [2.05, 4.69) is 18.2 Å². The highest BCUT2D eigenvalue weighted by Crippen LogP contribution is 2.21. The van der Waals surface area contributed by atoms with Crippen LogP contribution in [0, 0.1) is 0 Å². The Morgan fingerprint density at radius 3 is 2.45 bits per heavy atom. The van der Waals surface area contributed by atoms with Crippen LogP contribution in [0.1, 0.15) is 11.1 Å². The van der Waals surface area contributed by atoms with Gasteiger partial charge in [0.05, 0.1) is 0 Å². The van der Waals surface area contributed by atoms with Gasteiger partial charge in [-0.05, 0) is 45.7 Å². The predicted octanol–water partition coefficient (Wildman–Crippen LogP) is 5.41. The van der Waals surface area contributed by atoms with Crippen molar-refractivity contribution in [3.63, 3.8) is 0 Å². The van der Waals surface area contributed by atoms with E-state index in [1.54, 1.807) is 5.41 Å². The molecule has 3 heteroatoms. The molecule has 3 aromatic carbocycles. The molecule has 0 amide bonds. The van der Waals surface area contributed by atoms with Gasteiger partial charge in [-0.1, -0.05) is 66.2 Å². The minimum Gasteiger partial charge on any atom is -0.612 e. The van der Waals surface area contributed by atoms with E-state index >= 15 is 0 Å². The van der Waals surface area contributed by atoms with Crippen LogP contribution in [0.15, 0.2) is 72.1 Å². The number of fused-ring (bicyclic) bond motifs is 1. The maximum absolute atomic E-state index is 12.3. The second-order valence-corrected chi connectivity index (χ2v) is 6.78. The first-order valence-corrected chi connectivity index (χ1v) is 8.76. The van der Waals surface area contributed by atoms with Gasteiger partial charge in [-0.3, -0.25) is 0 Å². The Hall–Kier alpha value is -1.74. The predicted molar refractivity (Wildman–Crippen MR) is 96.3 cm³/mol. The van der Waals surface area contributed by atoms with Crippen LogP contribution in [-0.4, -0.2) is 4.55 Å². The van der Waals surface area contributed by atoms with Gasteiger partial charge in [0.25, 0.3) is 0 Å². The number of hydrogen-bond acceptors (Lipinski definition) is 1. The topological polar surface area (TPSA) is 23.1 Å². The zero-order valence-corrected chi connectivity index (χ0v) is 13.5. The summed E-state index contributed by atoms with van der Waals surface area (Å²) in [5.74, 6) is 0.519. The SMILES string of the molecule is [O-][S+](/C=C/c1ccc(Cl)cc1)Cc1cccc2ccccc12. The molecule has 0 aliphatic carbocycles. The molecule has 0 N–H and O–H groups in total. The molecule has 0 saturated heterocycles. The number of halogens is 1. The van der Waals surface area contributed by atoms with Crippen LogP contribution in [-0.2, 0) is 16.9 Å². The van der Waals surface area contributed by atoms with Crippen LogP contribution in [0.4, 0.5) is 0 Å². The fourth-order valence-electron chi connectivity index (χ4n) is 2.35. The van der Waals surface area contributed by atoms with Crippen molar-refractivity contribution < 1.29 is 4.55 Å². The molecule has 0 aromatic heterocycles. The lowest BCUT2D eigenvalue weighted by molar-refractivity contribution is 0.603. The third-order valence-electron chi connectivity index (χ3n) is 3.46. The first-order valence-electron chi connectivity index (χ1n) is 7.00. The normalized spacial score (nSPS) is 12.8. The third kappa shape index (κ3) is 3.72. The highest BCUT2D eigenvalue weighted by molar-refractivity contribution is 7.93. The summed E-state index contributed by atoms with van der Waals surface area (Å²) in [4.78, 5) is 0. The molecule has 1 atom stereocenters. The summed E-state index contributed by atoms with van der Waals surface area (Å²) in [6.07, 6.45) is 1.87. The van der Waals surface area contributed by atoms with Crippen molar-refractivity contribution in [2.24, 2.45) is 0 Å². The zero-order chi connectivity index (χ0) is 15.4. The Kier molecular flexibility index (Phi) is 4.84. The number of rotatable bonds is 4. The molecule has 0 aliphatic heterocycles. The molecule has 3 rings (SSSR count). The number of hydrogen-bond donors (Lipinski definition) is 0. The fraction of sp³-hybridized carbons (Fsp3) is 0.0526. The zero-order valence-electron chi connectivity index (χ0n) is 11.9. The smallest absolute Gasteiger partial charge is 0.136 e. The molecule has 110 valence electrons. The molecule has 0 heterocycles. The number of benzene rings is 3. The summed E-state index contributed by atoms with van der Waals surface area (Å²) < 4.78 is 12.3. The molecule has 0 bridgehead atoms. The highest BCUT2D eigenvalue weighted by atomic mass is 35.5. The van der Waals surface area contributed by atoms with Gasteiger partial charge in [-0.15, -0.1) is 0 Å². The average Bonchev–Trinajstić information content (AvgIpc) is 2.55. The summed E-state index contributed by atoms with van der Waals surface area (Å²) in [5.41, 5.74) is 2.10. The second-order valence-electron chi connectivity index (χ2n) is 5.02. The first kappa shape index (κ1) is 15.2. The van der Waals surface area contributed by atoms with Crippen LogP contribution >= 0.6 is 11.6 Å². The van der Waals surface area contributed by atoms with Crippen LogP contribution < -0.4 is 0 Å². The van der Waals surface area contributed by atoms with Crippen molar-refractivity contribution in [1.82, 2.24) is 0 Å². The van der Waals surface area contributed by atoms with Crippen molar-refractivity contribution in [1.29, 1.82) is 0 Å². The lowest BCUT2D eigenvalue weighted by Gasteiger charge is -2.08. The Morgan fingerprint density at radius 1 is 0.909 bits per heavy atom. The minimum atomic E-state index is -1.05. The van der Waals surface area contributed by atoms with E-state index < -0.39 is 11.2 Å². The molecular weight excluding hydrogens is 312 g/mol. The van der Waals surface area contributed by atoms with Gasteiger partial charge in [0, 0.05) is 10.6 Å². The van der Waals surface area contributed by atoms with Crippen LogP contribution in [0.2, 0.25) is 5.02 Å². The van der Waals surface area contributed by atoms with Gasteiger partial charge in [-0.2, -0.15) is 0 Å². The fourth-order valence-corrected chi connectivity index (χ4v) is 3.44. The van der Waals surface area contributed by atoms with Crippen molar-refractivity contribution in [2.45, 2.75) is 5.75 Å². The molecule has 1 nitrogen and oxygen atoms in total. The summed E-state index contributed by atoms with van der Waals surface area (Å²) in [6, 6.07) is 21.8. The van der Waals surface area contributed by atoms with Crippen LogP contribution in [0.3, 0.4) is 0 Å².